The highest BCUT2D eigenvalue weighted by atomic mass is 32.2. The van der Waals surface area contributed by atoms with Gasteiger partial charge in [-0.1, -0.05) is 12.8 Å². The number of hydrogen-bond donors (Lipinski definition) is 1. The van der Waals surface area contributed by atoms with E-state index in [0.29, 0.717) is 19.4 Å². The number of non-ortho nitro benzene ring substituents is 1. The summed E-state index contributed by atoms with van der Waals surface area (Å²) in [5, 5.41) is 13.5. The van der Waals surface area contributed by atoms with Crippen LogP contribution in [0.15, 0.2) is 29.2 Å². The Morgan fingerprint density at radius 2 is 1.76 bits per heavy atom. The molecule has 116 valence electrons. The van der Waals surface area contributed by atoms with E-state index in [2.05, 4.69) is 5.32 Å². The Morgan fingerprint density at radius 3 is 2.43 bits per heavy atom. The van der Waals surface area contributed by atoms with E-state index in [0.717, 1.165) is 25.8 Å². The zero-order valence-electron chi connectivity index (χ0n) is 11.8. The molecule has 2 rings (SSSR count). The van der Waals surface area contributed by atoms with Crippen molar-refractivity contribution in [2.75, 3.05) is 13.1 Å². The summed E-state index contributed by atoms with van der Waals surface area (Å²) in [5.74, 6) is 0. The van der Waals surface area contributed by atoms with Crippen LogP contribution >= 0.6 is 0 Å². The van der Waals surface area contributed by atoms with Crippen LogP contribution in [0.5, 0.6) is 0 Å². The fourth-order valence-corrected chi connectivity index (χ4v) is 4.40. The molecular formula is C14H20N2O4S. The average molecular weight is 312 g/mol. The van der Waals surface area contributed by atoms with E-state index in [4.69, 9.17) is 0 Å². The third kappa shape index (κ3) is 4.01. The van der Waals surface area contributed by atoms with Crippen molar-refractivity contribution in [2.45, 2.75) is 42.2 Å². The highest BCUT2D eigenvalue weighted by Gasteiger charge is 2.27. The van der Waals surface area contributed by atoms with Crippen LogP contribution in [-0.4, -0.2) is 31.7 Å². The van der Waals surface area contributed by atoms with E-state index in [9.17, 15) is 18.5 Å². The fourth-order valence-electron chi connectivity index (χ4n) is 2.59. The minimum absolute atomic E-state index is 0.0925. The van der Waals surface area contributed by atoms with Crippen molar-refractivity contribution >= 4 is 15.5 Å². The zero-order valence-corrected chi connectivity index (χ0v) is 12.6. The van der Waals surface area contributed by atoms with Crippen molar-refractivity contribution in [2.24, 2.45) is 0 Å². The van der Waals surface area contributed by atoms with Crippen LogP contribution in [0, 0.1) is 10.1 Å². The summed E-state index contributed by atoms with van der Waals surface area (Å²) in [6.45, 7) is 1.63. The molecule has 6 nitrogen and oxygen atoms in total. The molecule has 1 aromatic rings. The predicted molar refractivity (Wildman–Crippen MR) is 80.0 cm³/mol. The Morgan fingerprint density at radius 1 is 1.05 bits per heavy atom. The lowest BCUT2D eigenvalue weighted by molar-refractivity contribution is -0.384. The second kappa shape index (κ2) is 7.00. The normalized spacial score (nSPS) is 21.0. The van der Waals surface area contributed by atoms with Gasteiger partial charge >= 0.3 is 0 Å². The van der Waals surface area contributed by atoms with Gasteiger partial charge in [-0.3, -0.25) is 10.1 Å². The smallest absolute Gasteiger partial charge is 0.269 e. The summed E-state index contributed by atoms with van der Waals surface area (Å²) < 4.78 is 25.3. The van der Waals surface area contributed by atoms with Crippen LogP contribution in [0.25, 0.3) is 0 Å². The summed E-state index contributed by atoms with van der Waals surface area (Å²) in [7, 11) is -3.42. The molecule has 1 saturated heterocycles. The number of hydrogen-bond acceptors (Lipinski definition) is 5. The quantitative estimate of drug-likeness (QED) is 0.683. The van der Waals surface area contributed by atoms with Gasteiger partial charge in [0, 0.05) is 12.1 Å². The lowest BCUT2D eigenvalue weighted by atomic mass is 10.1. The van der Waals surface area contributed by atoms with Gasteiger partial charge in [0.05, 0.1) is 15.1 Å². The van der Waals surface area contributed by atoms with Gasteiger partial charge in [0.1, 0.15) is 0 Å². The van der Waals surface area contributed by atoms with Crippen molar-refractivity contribution in [1.29, 1.82) is 0 Å². The Labute approximate surface area is 124 Å². The molecule has 1 aromatic carbocycles. The highest BCUT2D eigenvalue weighted by molar-refractivity contribution is 7.92. The largest absolute Gasteiger partial charge is 0.317 e. The van der Waals surface area contributed by atoms with Gasteiger partial charge in [0.25, 0.3) is 5.69 Å². The Bertz CT molecular complexity index is 573. The Hall–Kier alpha value is -1.47. The van der Waals surface area contributed by atoms with Crippen molar-refractivity contribution in [1.82, 2.24) is 5.32 Å². The molecule has 0 aliphatic carbocycles. The summed E-state index contributed by atoms with van der Waals surface area (Å²) >= 11 is 0. The monoisotopic (exact) mass is 312 g/mol. The van der Waals surface area contributed by atoms with E-state index >= 15 is 0 Å². The van der Waals surface area contributed by atoms with Crippen LogP contribution in [0.3, 0.4) is 0 Å². The first-order valence-electron chi connectivity index (χ1n) is 7.21. The molecule has 1 atom stereocenters. The molecule has 1 unspecified atom stereocenters. The van der Waals surface area contributed by atoms with Crippen molar-refractivity contribution in [3.8, 4) is 0 Å². The maximum atomic E-state index is 12.6. The Balaban J connectivity index is 2.20. The Kier molecular flexibility index (Phi) is 5.30. The molecule has 0 spiro atoms. The predicted octanol–water partition coefficient (Wildman–Crippen LogP) is 2.29. The molecule has 1 N–H and O–H groups in total. The van der Waals surface area contributed by atoms with Gasteiger partial charge in [0.2, 0.25) is 0 Å². The number of nitro benzene ring substituents is 1. The number of benzene rings is 1. The molecule has 0 bridgehead atoms. The molecule has 0 aromatic heterocycles. The summed E-state index contributed by atoms with van der Waals surface area (Å²) in [6, 6.07) is 5.18. The SMILES string of the molecule is O=[N+]([O-])c1ccc(S(=O)(=O)C2CCCCCNCC2)cc1. The molecule has 0 radical (unpaired) electrons. The molecule has 1 aliphatic heterocycles. The zero-order chi connectivity index (χ0) is 15.3. The maximum absolute atomic E-state index is 12.6. The molecule has 7 heteroatoms. The van der Waals surface area contributed by atoms with Crippen LogP contribution in [0.2, 0.25) is 0 Å². The average Bonchev–Trinajstić information content (AvgIpc) is 2.61. The van der Waals surface area contributed by atoms with Crippen molar-refractivity contribution in [3.05, 3.63) is 34.4 Å². The third-order valence-electron chi connectivity index (χ3n) is 3.84. The lowest BCUT2D eigenvalue weighted by Crippen LogP contribution is -2.26. The minimum atomic E-state index is -3.42. The van der Waals surface area contributed by atoms with Crippen molar-refractivity contribution < 1.29 is 13.3 Å². The van der Waals surface area contributed by atoms with E-state index in [1.807, 2.05) is 0 Å². The van der Waals surface area contributed by atoms with E-state index in [1.54, 1.807) is 0 Å². The third-order valence-corrected chi connectivity index (χ3v) is 6.12. The second-order valence-corrected chi connectivity index (χ2v) is 7.53. The molecule has 21 heavy (non-hydrogen) atoms. The first kappa shape index (κ1) is 15.9. The molecule has 1 fully saturated rings. The molecule has 0 amide bonds. The molecule has 1 heterocycles. The minimum Gasteiger partial charge on any atom is -0.317 e. The summed E-state index contributed by atoms with van der Waals surface area (Å²) in [5.41, 5.74) is -0.0925. The molecule has 1 aliphatic rings. The van der Waals surface area contributed by atoms with Crippen LogP contribution in [0.4, 0.5) is 5.69 Å². The van der Waals surface area contributed by atoms with Gasteiger partial charge in [0.15, 0.2) is 9.84 Å². The first-order valence-corrected chi connectivity index (χ1v) is 8.75. The maximum Gasteiger partial charge on any atom is 0.269 e. The van der Waals surface area contributed by atoms with Crippen LogP contribution in [-0.2, 0) is 9.84 Å². The standard InChI is InChI=1S/C14H20N2O4S/c17-16(18)12-5-7-14(8-6-12)21(19,20)13-4-2-1-3-10-15-11-9-13/h5-8,13,15H,1-4,9-11H2. The van der Waals surface area contributed by atoms with Crippen molar-refractivity contribution in [3.63, 3.8) is 0 Å². The number of rotatable bonds is 3. The number of nitrogens with one attached hydrogen (secondary N) is 1. The van der Waals surface area contributed by atoms with Gasteiger partial charge < -0.3 is 5.32 Å². The fraction of sp³-hybridized carbons (Fsp3) is 0.571. The van der Waals surface area contributed by atoms with Gasteiger partial charge in [-0.2, -0.15) is 0 Å². The number of nitrogens with zero attached hydrogens (tertiary/aromatic N) is 1. The van der Waals surface area contributed by atoms with Gasteiger partial charge in [-0.15, -0.1) is 0 Å². The summed E-state index contributed by atoms with van der Waals surface area (Å²) in [6.07, 6.45) is 4.24. The topological polar surface area (TPSA) is 89.3 Å². The second-order valence-electron chi connectivity index (χ2n) is 5.31. The van der Waals surface area contributed by atoms with Gasteiger partial charge in [-0.05, 0) is 44.5 Å². The van der Waals surface area contributed by atoms with Crippen LogP contribution in [0.1, 0.15) is 32.1 Å². The summed E-state index contributed by atoms with van der Waals surface area (Å²) in [4.78, 5) is 10.3. The molecule has 0 saturated carbocycles. The number of sulfone groups is 1. The first-order chi connectivity index (χ1) is 10.0. The van der Waals surface area contributed by atoms with Crippen LogP contribution < -0.4 is 5.32 Å². The van der Waals surface area contributed by atoms with E-state index in [-0.39, 0.29) is 10.6 Å². The highest BCUT2D eigenvalue weighted by Crippen LogP contribution is 2.25. The van der Waals surface area contributed by atoms with E-state index in [1.165, 1.54) is 24.3 Å². The van der Waals surface area contributed by atoms with Gasteiger partial charge in [-0.25, -0.2) is 8.42 Å². The number of nitro groups is 1. The lowest BCUT2D eigenvalue weighted by Gasteiger charge is -2.16. The molecular weight excluding hydrogens is 292 g/mol. The van der Waals surface area contributed by atoms with E-state index < -0.39 is 20.0 Å².